The van der Waals surface area contributed by atoms with Gasteiger partial charge in [-0.2, -0.15) is 5.10 Å². The maximum absolute atomic E-state index is 12.5. The molecule has 0 aliphatic carbocycles. The molecule has 0 saturated heterocycles. The number of carbonyl (C=O) groups is 1. The summed E-state index contributed by atoms with van der Waals surface area (Å²) in [5.74, 6) is 0.656. The van der Waals surface area contributed by atoms with Crippen molar-refractivity contribution in [2.75, 3.05) is 12.4 Å². The van der Waals surface area contributed by atoms with Crippen LogP contribution < -0.4 is 10.1 Å². The average Bonchev–Trinajstić information content (AvgIpc) is 3.45. The third-order valence-electron chi connectivity index (χ3n) is 5.52. The van der Waals surface area contributed by atoms with Gasteiger partial charge in [0, 0.05) is 11.6 Å². The molecule has 174 valence electrons. The number of anilines is 1. The predicted molar refractivity (Wildman–Crippen MR) is 140 cm³/mol. The standard InChI is InChI=1S/C27H23N5O2S/c1-17-26(35-27(29-17)30-25(33)15-18-6-10-21(34-2)11-7-18)19-8-12-22-23(31-32-24(22)16-19)13-9-20-5-3-4-14-28-20/h3-14,16H,15H2,1-2H3,(H,31,32)(H,29,30,33). The lowest BCUT2D eigenvalue weighted by Gasteiger charge is -2.03. The molecule has 2 N–H and O–H groups in total. The number of aromatic nitrogens is 4. The van der Waals surface area contributed by atoms with E-state index in [2.05, 4.69) is 37.6 Å². The summed E-state index contributed by atoms with van der Waals surface area (Å²) >= 11 is 1.46. The fourth-order valence-electron chi connectivity index (χ4n) is 3.76. The van der Waals surface area contributed by atoms with E-state index in [1.807, 2.05) is 67.6 Å². The number of hydrogen-bond acceptors (Lipinski definition) is 6. The van der Waals surface area contributed by atoms with E-state index in [0.717, 1.165) is 49.7 Å². The Morgan fingerprint density at radius 1 is 1.11 bits per heavy atom. The number of fused-ring (bicyclic) bond motifs is 1. The second kappa shape index (κ2) is 9.90. The number of ether oxygens (including phenoxy) is 1. The lowest BCUT2D eigenvalue weighted by molar-refractivity contribution is -0.115. The number of benzene rings is 2. The van der Waals surface area contributed by atoms with E-state index >= 15 is 0 Å². The number of aryl methyl sites for hydroxylation is 1. The van der Waals surface area contributed by atoms with Gasteiger partial charge in [0.05, 0.1) is 41.0 Å². The van der Waals surface area contributed by atoms with Gasteiger partial charge in [-0.15, -0.1) is 0 Å². The number of rotatable bonds is 7. The largest absolute Gasteiger partial charge is 0.497 e. The van der Waals surface area contributed by atoms with Crippen LogP contribution in [0.1, 0.15) is 22.6 Å². The molecular weight excluding hydrogens is 458 g/mol. The van der Waals surface area contributed by atoms with Gasteiger partial charge in [0.25, 0.3) is 0 Å². The minimum absolute atomic E-state index is 0.108. The lowest BCUT2D eigenvalue weighted by atomic mass is 10.1. The zero-order valence-corrected chi connectivity index (χ0v) is 20.1. The molecule has 0 fully saturated rings. The monoisotopic (exact) mass is 481 g/mol. The summed E-state index contributed by atoms with van der Waals surface area (Å²) in [7, 11) is 1.62. The van der Waals surface area contributed by atoms with Crippen LogP contribution in [0.4, 0.5) is 5.13 Å². The fraction of sp³-hybridized carbons (Fsp3) is 0.111. The Morgan fingerprint density at radius 3 is 2.74 bits per heavy atom. The number of methoxy groups -OCH3 is 1. The van der Waals surface area contributed by atoms with Crippen molar-refractivity contribution >= 4 is 45.4 Å². The number of thiazole rings is 1. The van der Waals surface area contributed by atoms with Gasteiger partial charge >= 0.3 is 0 Å². The smallest absolute Gasteiger partial charge is 0.230 e. The van der Waals surface area contributed by atoms with Crippen LogP contribution in [0.5, 0.6) is 5.75 Å². The van der Waals surface area contributed by atoms with Crippen molar-refractivity contribution in [3.05, 3.63) is 89.5 Å². The molecule has 0 atom stereocenters. The minimum Gasteiger partial charge on any atom is -0.497 e. The quantitative estimate of drug-likeness (QED) is 0.309. The number of amides is 1. The number of hydrogen-bond donors (Lipinski definition) is 2. The predicted octanol–water partition coefficient (Wildman–Crippen LogP) is 5.75. The SMILES string of the molecule is COc1ccc(CC(=O)Nc2nc(C)c(-c3ccc4c(C=Cc5ccccn5)n[nH]c4c3)s2)cc1. The van der Waals surface area contributed by atoms with E-state index in [4.69, 9.17) is 4.74 Å². The summed E-state index contributed by atoms with van der Waals surface area (Å²) in [6.07, 6.45) is 5.93. The Bertz CT molecular complexity index is 1500. The van der Waals surface area contributed by atoms with Crippen LogP contribution in [0.25, 0.3) is 33.5 Å². The number of H-pyrrole nitrogens is 1. The second-order valence-electron chi connectivity index (χ2n) is 7.96. The third-order valence-corrected chi connectivity index (χ3v) is 6.64. The molecule has 3 heterocycles. The first-order valence-electron chi connectivity index (χ1n) is 11.1. The summed E-state index contributed by atoms with van der Waals surface area (Å²) in [4.78, 5) is 22.4. The molecule has 0 unspecified atom stereocenters. The lowest BCUT2D eigenvalue weighted by Crippen LogP contribution is -2.14. The van der Waals surface area contributed by atoms with E-state index in [1.165, 1.54) is 11.3 Å². The summed E-state index contributed by atoms with van der Waals surface area (Å²) in [5, 5.41) is 12.1. The molecule has 0 aliphatic heterocycles. The zero-order chi connectivity index (χ0) is 24.2. The number of carbonyl (C=O) groups excluding carboxylic acids is 1. The number of pyridine rings is 1. The normalized spacial score (nSPS) is 11.3. The molecule has 3 aromatic heterocycles. The van der Waals surface area contributed by atoms with Crippen molar-refractivity contribution in [3.8, 4) is 16.2 Å². The van der Waals surface area contributed by atoms with E-state index in [0.29, 0.717) is 5.13 Å². The molecular formula is C27H23N5O2S. The van der Waals surface area contributed by atoms with Crippen molar-refractivity contribution in [2.45, 2.75) is 13.3 Å². The van der Waals surface area contributed by atoms with Crippen LogP contribution in [0.3, 0.4) is 0 Å². The maximum atomic E-state index is 12.5. The topological polar surface area (TPSA) is 92.8 Å². The third kappa shape index (κ3) is 5.12. The van der Waals surface area contributed by atoms with Crippen LogP contribution >= 0.6 is 11.3 Å². The summed E-state index contributed by atoms with van der Waals surface area (Å²) < 4.78 is 5.17. The first-order chi connectivity index (χ1) is 17.1. The molecule has 7 nitrogen and oxygen atoms in total. The minimum atomic E-state index is -0.108. The van der Waals surface area contributed by atoms with Gasteiger partial charge < -0.3 is 10.1 Å². The van der Waals surface area contributed by atoms with E-state index in [9.17, 15) is 4.79 Å². The van der Waals surface area contributed by atoms with Gasteiger partial charge in [-0.1, -0.05) is 35.6 Å². The average molecular weight is 482 g/mol. The molecule has 0 saturated carbocycles. The Labute approximate surface area is 206 Å². The maximum Gasteiger partial charge on any atom is 0.230 e. The zero-order valence-electron chi connectivity index (χ0n) is 19.3. The first-order valence-corrected chi connectivity index (χ1v) is 11.9. The van der Waals surface area contributed by atoms with E-state index in [-0.39, 0.29) is 12.3 Å². The summed E-state index contributed by atoms with van der Waals surface area (Å²) in [6, 6.07) is 19.4. The molecule has 0 bridgehead atoms. The Hall–Kier alpha value is -4.30. The Morgan fingerprint density at radius 2 is 1.97 bits per heavy atom. The second-order valence-corrected chi connectivity index (χ2v) is 8.96. The highest BCUT2D eigenvalue weighted by Crippen LogP contribution is 2.34. The highest BCUT2D eigenvalue weighted by molar-refractivity contribution is 7.19. The Balaban J connectivity index is 1.31. The van der Waals surface area contributed by atoms with Gasteiger partial charge in [-0.3, -0.25) is 14.9 Å². The van der Waals surface area contributed by atoms with E-state index < -0.39 is 0 Å². The van der Waals surface area contributed by atoms with Crippen LogP contribution in [0, 0.1) is 6.92 Å². The molecule has 0 spiro atoms. The molecule has 35 heavy (non-hydrogen) atoms. The number of aromatic amines is 1. The number of nitrogens with zero attached hydrogens (tertiary/aromatic N) is 3. The van der Waals surface area contributed by atoms with Crippen LogP contribution in [-0.2, 0) is 11.2 Å². The van der Waals surface area contributed by atoms with Crippen LogP contribution in [0.2, 0.25) is 0 Å². The summed E-state index contributed by atoms with van der Waals surface area (Å²) in [6.45, 7) is 1.95. The number of nitrogens with one attached hydrogen (secondary N) is 2. The molecule has 1 amide bonds. The van der Waals surface area contributed by atoms with Crippen molar-refractivity contribution in [1.82, 2.24) is 20.2 Å². The summed E-state index contributed by atoms with van der Waals surface area (Å²) in [5.41, 5.74) is 5.46. The molecule has 2 aromatic carbocycles. The molecule has 5 rings (SSSR count). The van der Waals surface area contributed by atoms with Crippen LogP contribution in [-0.4, -0.2) is 33.2 Å². The van der Waals surface area contributed by atoms with Gasteiger partial charge in [0.1, 0.15) is 5.75 Å². The van der Waals surface area contributed by atoms with Crippen LogP contribution in [0.15, 0.2) is 66.9 Å². The van der Waals surface area contributed by atoms with E-state index in [1.54, 1.807) is 13.3 Å². The van der Waals surface area contributed by atoms with Gasteiger partial charge in [0.15, 0.2) is 5.13 Å². The van der Waals surface area contributed by atoms with Gasteiger partial charge in [-0.05, 0) is 66.6 Å². The highest BCUT2D eigenvalue weighted by Gasteiger charge is 2.14. The van der Waals surface area contributed by atoms with Gasteiger partial charge in [0.2, 0.25) is 5.91 Å². The van der Waals surface area contributed by atoms with Gasteiger partial charge in [-0.25, -0.2) is 4.98 Å². The fourth-order valence-corrected chi connectivity index (χ4v) is 4.74. The Kier molecular flexibility index (Phi) is 6.36. The first kappa shape index (κ1) is 22.5. The van der Waals surface area contributed by atoms with Crippen molar-refractivity contribution < 1.29 is 9.53 Å². The van der Waals surface area contributed by atoms with Crippen molar-refractivity contribution in [2.24, 2.45) is 0 Å². The highest BCUT2D eigenvalue weighted by atomic mass is 32.1. The van der Waals surface area contributed by atoms with Crippen molar-refractivity contribution in [3.63, 3.8) is 0 Å². The molecule has 0 radical (unpaired) electrons. The molecule has 0 aliphatic rings. The van der Waals surface area contributed by atoms with Crippen molar-refractivity contribution in [1.29, 1.82) is 0 Å². The molecule has 5 aromatic rings. The molecule has 8 heteroatoms.